The summed E-state index contributed by atoms with van der Waals surface area (Å²) >= 11 is 3.09. The van der Waals surface area contributed by atoms with E-state index in [-0.39, 0.29) is 11.7 Å². The first-order valence-electron chi connectivity index (χ1n) is 5.22. The minimum Gasteiger partial charge on any atom is -0.330 e. The van der Waals surface area contributed by atoms with E-state index in [9.17, 15) is 9.18 Å². The van der Waals surface area contributed by atoms with Crippen LogP contribution in [0.5, 0.6) is 0 Å². The number of nitrogens with zero attached hydrogens (tertiary/aromatic N) is 2. The fraction of sp³-hybridized carbons (Fsp3) is 0.167. The highest BCUT2D eigenvalue weighted by molar-refractivity contribution is 9.10. The number of hydrogen-bond acceptors (Lipinski definition) is 2. The van der Waals surface area contributed by atoms with Gasteiger partial charge in [-0.25, -0.2) is 9.37 Å². The highest BCUT2D eigenvalue weighted by Crippen LogP contribution is 2.24. The Morgan fingerprint density at radius 1 is 1.50 bits per heavy atom. The van der Waals surface area contributed by atoms with Crippen LogP contribution in [0.4, 0.5) is 10.1 Å². The fourth-order valence-corrected chi connectivity index (χ4v) is 1.89. The molecule has 4 nitrogen and oxygen atoms in total. The lowest BCUT2D eigenvalue weighted by Gasteiger charge is -2.09. The van der Waals surface area contributed by atoms with E-state index in [0.717, 1.165) is 0 Å². The molecule has 1 amide bonds. The first kappa shape index (κ1) is 12.8. The van der Waals surface area contributed by atoms with Crippen LogP contribution in [-0.4, -0.2) is 15.5 Å². The maximum atomic E-state index is 13.3. The van der Waals surface area contributed by atoms with Crippen molar-refractivity contribution in [2.24, 2.45) is 7.05 Å². The van der Waals surface area contributed by atoms with Gasteiger partial charge in [-0.2, -0.15) is 0 Å². The van der Waals surface area contributed by atoms with Crippen LogP contribution in [0.1, 0.15) is 16.1 Å². The molecule has 0 aliphatic carbocycles. The predicted octanol–water partition coefficient (Wildman–Crippen LogP) is 2.88. The van der Waals surface area contributed by atoms with Crippen molar-refractivity contribution in [1.29, 1.82) is 0 Å². The number of hydrogen-bond donors (Lipinski definition) is 1. The second-order valence-electron chi connectivity index (χ2n) is 3.93. The first-order chi connectivity index (χ1) is 8.49. The number of benzene rings is 1. The maximum Gasteiger partial charge on any atom is 0.273 e. The van der Waals surface area contributed by atoms with E-state index in [0.29, 0.717) is 21.4 Å². The molecule has 0 fully saturated rings. The van der Waals surface area contributed by atoms with Gasteiger partial charge in [0.25, 0.3) is 5.91 Å². The Kier molecular flexibility index (Phi) is 3.47. The fourth-order valence-electron chi connectivity index (χ4n) is 1.54. The van der Waals surface area contributed by atoms with E-state index in [1.807, 2.05) is 0 Å². The summed E-state index contributed by atoms with van der Waals surface area (Å²) in [4.78, 5) is 15.8. The lowest BCUT2D eigenvalue weighted by Crippen LogP contribution is -2.16. The Labute approximate surface area is 112 Å². The van der Waals surface area contributed by atoms with Crippen molar-refractivity contribution in [2.45, 2.75) is 6.92 Å². The minimum atomic E-state index is -0.356. The minimum absolute atomic E-state index is 0.281. The highest BCUT2D eigenvalue weighted by Gasteiger charge is 2.12. The van der Waals surface area contributed by atoms with Gasteiger partial charge >= 0.3 is 0 Å². The van der Waals surface area contributed by atoms with Crippen molar-refractivity contribution in [3.05, 3.63) is 46.2 Å². The molecule has 6 heteroatoms. The summed E-state index contributed by atoms with van der Waals surface area (Å²) in [5, 5.41) is 2.73. The zero-order chi connectivity index (χ0) is 13.3. The Balaban J connectivity index is 2.28. The third-order valence-corrected chi connectivity index (χ3v) is 3.17. The second kappa shape index (κ2) is 4.89. The van der Waals surface area contributed by atoms with Crippen molar-refractivity contribution < 1.29 is 9.18 Å². The first-order valence-corrected chi connectivity index (χ1v) is 6.01. The number of imidazole rings is 1. The lowest BCUT2D eigenvalue weighted by atomic mass is 10.2. The van der Waals surface area contributed by atoms with Crippen molar-refractivity contribution in [3.63, 3.8) is 0 Å². The van der Waals surface area contributed by atoms with Crippen molar-refractivity contribution in [1.82, 2.24) is 9.55 Å². The Morgan fingerprint density at radius 2 is 2.22 bits per heavy atom. The van der Waals surface area contributed by atoms with Crippen molar-refractivity contribution >= 4 is 27.5 Å². The van der Waals surface area contributed by atoms with Gasteiger partial charge in [-0.3, -0.25) is 4.79 Å². The zero-order valence-electron chi connectivity index (χ0n) is 9.87. The predicted molar refractivity (Wildman–Crippen MR) is 70.0 cm³/mol. The topological polar surface area (TPSA) is 46.9 Å². The van der Waals surface area contributed by atoms with Crippen LogP contribution in [0.3, 0.4) is 0 Å². The SMILES string of the molecule is Cc1cc(F)c(Br)cc1NC(=O)c1cncn1C. The molecule has 0 bridgehead atoms. The molecule has 0 atom stereocenters. The molecular formula is C12H11BrFN3O. The number of aromatic nitrogens is 2. The van der Waals surface area contributed by atoms with E-state index >= 15 is 0 Å². The molecule has 1 aromatic carbocycles. The molecule has 0 saturated heterocycles. The summed E-state index contributed by atoms with van der Waals surface area (Å²) in [6.07, 6.45) is 3.02. The summed E-state index contributed by atoms with van der Waals surface area (Å²) < 4.78 is 15.2. The van der Waals surface area contributed by atoms with Gasteiger partial charge in [-0.1, -0.05) is 0 Å². The average Bonchev–Trinajstić information content (AvgIpc) is 2.72. The molecule has 18 heavy (non-hydrogen) atoms. The molecule has 1 aromatic heterocycles. The second-order valence-corrected chi connectivity index (χ2v) is 4.78. The number of amides is 1. The third-order valence-electron chi connectivity index (χ3n) is 2.56. The largest absolute Gasteiger partial charge is 0.330 e. The molecule has 0 radical (unpaired) electrons. The number of aryl methyl sites for hydroxylation is 2. The standard InChI is InChI=1S/C12H11BrFN3O/c1-7-3-9(14)8(13)4-10(7)16-12(18)11-5-15-6-17(11)2/h3-6H,1-2H3,(H,16,18). The molecule has 0 saturated carbocycles. The van der Waals surface area contributed by atoms with Gasteiger partial charge in [0.05, 0.1) is 17.0 Å². The molecule has 94 valence electrons. The summed E-state index contributed by atoms with van der Waals surface area (Å²) in [6, 6.07) is 2.90. The van der Waals surface area contributed by atoms with Crippen molar-refractivity contribution in [3.8, 4) is 0 Å². The van der Waals surface area contributed by atoms with E-state index in [1.165, 1.54) is 12.3 Å². The van der Waals surface area contributed by atoms with E-state index < -0.39 is 0 Å². The van der Waals surface area contributed by atoms with Crippen LogP contribution < -0.4 is 5.32 Å². The molecule has 0 aliphatic heterocycles. The smallest absolute Gasteiger partial charge is 0.273 e. The van der Waals surface area contributed by atoms with Gasteiger partial charge in [0.2, 0.25) is 0 Å². The summed E-state index contributed by atoms with van der Waals surface area (Å²) in [5.74, 6) is -0.636. The number of carbonyl (C=O) groups excluding carboxylic acids is 1. The van der Waals surface area contributed by atoms with Gasteiger partial charge in [-0.05, 0) is 40.5 Å². The van der Waals surface area contributed by atoms with Gasteiger partial charge in [-0.15, -0.1) is 0 Å². The monoisotopic (exact) mass is 311 g/mol. The average molecular weight is 312 g/mol. The molecule has 2 rings (SSSR count). The number of anilines is 1. The molecule has 0 spiro atoms. The number of halogens is 2. The van der Waals surface area contributed by atoms with E-state index in [2.05, 4.69) is 26.2 Å². The Hall–Kier alpha value is -1.69. The zero-order valence-corrected chi connectivity index (χ0v) is 11.5. The van der Waals surface area contributed by atoms with Crippen LogP contribution in [0.15, 0.2) is 29.1 Å². The normalized spacial score (nSPS) is 10.4. The molecule has 2 aromatic rings. The highest BCUT2D eigenvalue weighted by atomic mass is 79.9. The van der Waals surface area contributed by atoms with Crippen LogP contribution in [0.25, 0.3) is 0 Å². The molecule has 0 unspecified atom stereocenters. The van der Waals surface area contributed by atoms with E-state index in [4.69, 9.17) is 0 Å². The van der Waals surface area contributed by atoms with E-state index in [1.54, 1.807) is 30.9 Å². The Morgan fingerprint density at radius 3 is 2.83 bits per heavy atom. The quantitative estimate of drug-likeness (QED) is 0.927. The molecular weight excluding hydrogens is 301 g/mol. The number of carbonyl (C=O) groups is 1. The molecule has 1 heterocycles. The summed E-state index contributed by atoms with van der Waals surface area (Å²) in [7, 11) is 1.73. The van der Waals surface area contributed by atoms with Crippen molar-refractivity contribution in [2.75, 3.05) is 5.32 Å². The van der Waals surface area contributed by atoms with Gasteiger partial charge in [0.1, 0.15) is 11.5 Å². The molecule has 1 N–H and O–H groups in total. The number of nitrogens with one attached hydrogen (secondary N) is 1. The maximum absolute atomic E-state index is 13.3. The van der Waals surface area contributed by atoms with Gasteiger partial charge in [0.15, 0.2) is 0 Å². The van der Waals surface area contributed by atoms with Crippen LogP contribution in [-0.2, 0) is 7.05 Å². The Bertz CT molecular complexity index is 609. The lowest BCUT2D eigenvalue weighted by molar-refractivity contribution is 0.101. The van der Waals surface area contributed by atoms with Crippen LogP contribution in [0.2, 0.25) is 0 Å². The molecule has 0 aliphatic rings. The van der Waals surface area contributed by atoms with Gasteiger partial charge in [0, 0.05) is 12.7 Å². The summed E-state index contributed by atoms with van der Waals surface area (Å²) in [6.45, 7) is 1.73. The van der Waals surface area contributed by atoms with Crippen LogP contribution >= 0.6 is 15.9 Å². The number of rotatable bonds is 2. The third kappa shape index (κ3) is 2.43. The summed E-state index contributed by atoms with van der Waals surface area (Å²) in [5.41, 5.74) is 1.66. The van der Waals surface area contributed by atoms with Crippen LogP contribution in [0, 0.1) is 12.7 Å². The van der Waals surface area contributed by atoms with Gasteiger partial charge < -0.3 is 9.88 Å².